The molecule has 5 atom stereocenters. The van der Waals surface area contributed by atoms with Crippen molar-refractivity contribution in [2.45, 2.75) is 25.9 Å². The first-order valence-electron chi connectivity index (χ1n) is 11.3. The lowest BCUT2D eigenvalue weighted by molar-refractivity contribution is -0.140. The average molecular weight is 552 g/mol. The molecule has 1 aromatic carbocycles. The van der Waals surface area contributed by atoms with Crippen LogP contribution in [0.1, 0.15) is 31.4 Å². The van der Waals surface area contributed by atoms with Crippen molar-refractivity contribution in [2.75, 3.05) is 33.3 Å². The molecular weight excluding hydrogens is 519 g/mol. The van der Waals surface area contributed by atoms with Crippen LogP contribution in [-0.2, 0) is 14.3 Å². The van der Waals surface area contributed by atoms with Crippen LogP contribution < -0.4 is 10.6 Å². The number of carbonyl (C=O) groups is 2. The van der Waals surface area contributed by atoms with Crippen molar-refractivity contribution in [1.29, 1.82) is 0 Å². The Bertz CT molecular complexity index is 830. The summed E-state index contributed by atoms with van der Waals surface area (Å²) < 4.78 is 5.59. The van der Waals surface area contributed by atoms with Crippen LogP contribution in [0.4, 0.5) is 0 Å². The highest BCUT2D eigenvalue weighted by Crippen LogP contribution is 2.52. The molecule has 0 aromatic heterocycles. The van der Waals surface area contributed by atoms with E-state index in [0.29, 0.717) is 32.0 Å². The highest BCUT2D eigenvalue weighted by atomic mass is 127. The first-order chi connectivity index (χ1) is 15.1. The normalized spacial score (nSPS) is 26.8. The highest BCUT2D eigenvalue weighted by molar-refractivity contribution is 14.0. The van der Waals surface area contributed by atoms with Crippen LogP contribution in [0.3, 0.4) is 0 Å². The minimum absolute atomic E-state index is 0. The van der Waals surface area contributed by atoms with Gasteiger partial charge in [0.25, 0.3) is 0 Å². The Labute approximate surface area is 207 Å². The Hall–Kier alpha value is -1.94. The van der Waals surface area contributed by atoms with Crippen LogP contribution >= 0.6 is 24.0 Å². The van der Waals surface area contributed by atoms with Crippen LogP contribution in [0.15, 0.2) is 47.5 Å². The summed E-state index contributed by atoms with van der Waals surface area (Å²) in [6.45, 7) is 4.35. The van der Waals surface area contributed by atoms with E-state index in [2.05, 4.69) is 27.8 Å². The molecule has 4 rings (SSSR count). The fourth-order valence-electron chi connectivity index (χ4n) is 5.13. The van der Waals surface area contributed by atoms with Gasteiger partial charge < -0.3 is 15.4 Å². The minimum atomic E-state index is -0.113. The number of imide groups is 1. The predicted octanol–water partition coefficient (Wildman–Crippen LogP) is 2.74. The van der Waals surface area contributed by atoms with E-state index in [0.717, 1.165) is 18.5 Å². The number of allylic oxidation sites excluding steroid dienone is 2. The van der Waals surface area contributed by atoms with Crippen molar-refractivity contribution in [3.8, 4) is 0 Å². The zero-order valence-electron chi connectivity index (χ0n) is 18.7. The standard InChI is InChI=1S/C24H32N4O3.HI/c1-3-25-24(27-15-19(31-2)16-8-5-4-6-9-16)26-12-7-13-28-22(29)20-17-10-11-18(14-17)21(20)23(28)30;/h4-6,8-11,17-21H,3,7,12-15H2,1-2H3,(H2,25,26,27);1H. The zero-order valence-corrected chi connectivity index (χ0v) is 21.0. The number of halogens is 1. The molecule has 2 fully saturated rings. The number of aliphatic imine (C=N–C) groups is 1. The maximum atomic E-state index is 12.8. The molecule has 1 aromatic rings. The number of fused-ring (bicyclic) bond motifs is 5. The summed E-state index contributed by atoms with van der Waals surface area (Å²) in [5.41, 5.74) is 1.09. The molecule has 0 radical (unpaired) electrons. The number of likely N-dealkylation sites (tertiary alicyclic amines) is 1. The van der Waals surface area contributed by atoms with Crippen molar-refractivity contribution in [1.82, 2.24) is 15.5 Å². The molecule has 8 heteroatoms. The van der Waals surface area contributed by atoms with Gasteiger partial charge >= 0.3 is 0 Å². The maximum Gasteiger partial charge on any atom is 0.233 e. The van der Waals surface area contributed by atoms with Gasteiger partial charge in [0.15, 0.2) is 5.96 Å². The van der Waals surface area contributed by atoms with Gasteiger partial charge in [-0.1, -0.05) is 42.5 Å². The summed E-state index contributed by atoms with van der Waals surface area (Å²) in [7, 11) is 1.69. The first kappa shape index (κ1) is 24.7. The molecule has 1 saturated heterocycles. The van der Waals surface area contributed by atoms with E-state index in [4.69, 9.17) is 4.74 Å². The van der Waals surface area contributed by atoms with E-state index in [1.165, 1.54) is 4.90 Å². The number of benzene rings is 1. The number of ether oxygens (including phenoxy) is 1. The van der Waals surface area contributed by atoms with Crippen LogP contribution in [-0.4, -0.2) is 56.0 Å². The van der Waals surface area contributed by atoms with E-state index in [1.54, 1.807) is 7.11 Å². The number of hydrogen-bond acceptors (Lipinski definition) is 4. The van der Waals surface area contributed by atoms with Crippen molar-refractivity contribution in [3.63, 3.8) is 0 Å². The molecule has 1 saturated carbocycles. The van der Waals surface area contributed by atoms with E-state index < -0.39 is 0 Å². The summed E-state index contributed by atoms with van der Waals surface area (Å²) in [5.74, 6) is 1.06. The summed E-state index contributed by atoms with van der Waals surface area (Å²) in [6, 6.07) is 10.0. The Kier molecular flexibility index (Phi) is 8.70. The van der Waals surface area contributed by atoms with Gasteiger partial charge in [0, 0.05) is 26.7 Å². The van der Waals surface area contributed by atoms with Gasteiger partial charge in [0.1, 0.15) is 6.10 Å². The molecule has 2 aliphatic carbocycles. The fraction of sp³-hybridized carbons (Fsp3) is 0.542. The summed E-state index contributed by atoms with van der Waals surface area (Å²) >= 11 is 0. The zero-order chi connectivity index (χ0) is 21.8. The smallest absolute Gasteiger partial charge is 0.233 e. The molecule has 1 heterocycles. The Morgan fingerprint density at radius 3 is 2.38 bits per heavy atom. The molecule has 2 N–H and O–H groups in total. The Balaban J connectivity index is 0.00000289. The van der Waals surface area contributed by atoms with Gasteiger partial charge in [0.05, 0.1) is 18.4 Å². The Morgan fingerprint density at radius 2 is 1.78 bits per heavy atom. The molecule has 32 heavy (non-hydrogen) atoms. The lowest BCUT2D eigenvalue weighted by Crippen LogP contribution is -2.40. The SMILES string of the molecule is CCNC(=NCC(OC)c1ccccc1)NCCCN1C(=O)C2C3C=CC(C3)C2C1=O.I. The molecular formula is C24H33IN4O3. The second-order valence-electron chi connectivity index (χ2n) is 8.46. The predicted molar refractivity (Wildman–Crippen MR) is 135 cm³/mol. The van der Waals surface area contributed by atoms with E-state index >= 15 is 0 Å². The summed E-state index contributed by atoms with van der Waals surface area (Å²) in [6.07, 6.45) is 5.81. The van der Waals surface area contributed by atoms with Crippen molar-refractivity contribution < 1.29 is 14.3 Å². The van der Waals surface area contributed by atoms with Gasteiger partial charge in [-0.3, -0.25) is 19.5 Å². The molecule has 1 aliphatic heterocycles. The number of methoxy groups -OCH3 is 1. The van der Waals surface area contributed by atoms with Crippen molar-refractivity contribution in [2.24, 2.45) is 28.7 Å². The second-order valence-corrected chi connectivity index (χ2v) is 8.46. The topological polar surface area (TPSA) is 83.0 Å². The van der Waals surface area contributed by atoms with Gasteiger partial charge in [-0.25, -0.2) is 0 Å². The van der Waals surface area contributed by atoms with Crippen LogP contribution in [0.5, 0.6) is 0 Å². The van der Waals surface area contributed by atoms with Crippen LogP contribution in [0.25, 0.3) is 0 Å². The van der Waals surface area contributed by atoms with E-state index in [1.807, 2.05) is 37.3 Å². The number of hydrogen-bond donors (Lipinski definition) is 2. The van der Waals surface area contributed by atoms with E-state index in [-0.39, 0.29) is 65.6 Å². The Morgan fingerprint density at radius 1 is 1.12 bits per heavy atom. The molecule has 5 unspecified atom stereocenters. The molecule has 174 valence electrons. The molecule has 2 amide bonds. The summed E-state index contributed by atoms with van der Waals surface area (Å²) in [5, 5.41) is 6.55. The largest absolute Gasteiger partial charge is 0.375 e. The quantitative estimate of drug-likeness (QED) is 0.123. The molecule has 0 spiro atoms. The van der Waals surface area contributed by atoms with Crippen LogP contribution in [0, 0.1) is 23.7 Å². The van der Waals surface area contributed by atoms with Gasteiger partial charge in [-0.2, -0.15) is 0 Å². The molecule has 7 nitrogen and oxygen atoms in total. The lowest BCUT2D eigenvalue weighted by Gasteiger charge is -2.18. The third-order valence-electron chi connectivity index (χ3n) is 6.63. The van der Waals surface area contributed by atoms with Crippen molar-refractivity contribution in [3.05, 3.63) is 48.0 Å². The number of rotatable bonds is 9. The fourth-order valence-corrected chi connectivity index (χ4v) is 5.13. The average Bonchev–Trinajstić information content (AvgIpc) is 3.47. The number of nitrogens with one attached hydrogen (secondary N) is 2. The number of carbonyl (C=O) groups excluding carboxylic acids is 2. The third-order valence-corrected chi connectivity index (χ3v) is 6.63. The third kappa shape index (κ3) is 5.01. The first-order valence-corrected chi connectivity index (χ1v) is 11.3. The second kappa shape index (κ2) is 11.3. The van der Waals surface area contributed by atoms with Gasteiger partial charge in [-0.05, 0) is 37.2 Å². The highest BCUT2D eigenvalue weighted by Gasteiger charge is 2.58. The number of guanidine groups is 1. The lowest BCUT2D eigenvalue weighted by atomic mass is 9.85. The molecule has 3 aliphatic rings. The monoisotopic (exact) mass is 552 g/mol. The number of nitrogens with zero attached hydrogens (tertiary/aromatic N) is 2. The van der Waals surface area contributed by atoms with E-state index in [9.17, 15) is 9.59 Å². The maximum absolute atomic E-state index is 12.8. The number of amides is 2. The van der Waals surface area contributed by atoms with Gasteiger partial charge in [0.2, 0.25) is 11.8 Å². The molecule has 2 bridgehead atoms. The van der Waals surface area contributed by atoms with Crippen LogP contribution in [0.2, 0.25) is 0 Å². The van der Waals surface area contributed by atoms with Crippen molar-refractivity contribution >= 4 is 41.8 Å². The van der Waals surface area contributed by atoms with Gasteiger partial charge in [-0.15, -0.1) is 24.0 Å². The summed E-state index contributed by atoms with van der Waals surface area (Å²) in [4.78, 5) is 31.7. The minimum Gasteiger partial charge on any atom is -0.375 e.